The lowest BCUT2D eigenvalue weighted by molar-refractivity contribution is 1.05. The molecule has 0 atom stereocenters. The van der Waals surface area contributed by atoms with Crippen LogP contribution in [0.4, 0.5) is 17.3 Å². The van der Waals surface area contributed by atoms with E-state index in [-0.39, 0.29) is 0 Å². The summed E-state index contributed by atoms with van der Waals surface area (Å²) in [4.78, 5) is 22.5. The van der Waals surface area contributed by atoms with Gasteiger partial charge in [0.05, 0.1) is 22.4 Å². The highest BCUT2D eigenvalue weighted by Crippen LogP contribution is 2.48. The fraction of sp³-hybridized carbons (Fsp3) is 0. The van der Waals surface area contributed by atoms with Crippen LogP contribution in [0, 0.1) is 0 Å². The largest absolute Gasteiger partial charge is 0.280 e. The van der Waals surface area contributed by atoms with Gasteiger partial charge in [0, 0.05) is 33.5 Å². The molecule has 2 aromatic heterocycles. The summed E-state index contributed by atoms with van der Waals surface area (Å²) in [7, 11) is 0. The standard InChI is InChI=1S/C44H28N6/c1-3-14-29(15-4-1)41-46-42(30-16-5-2-6-17-30)48-43(47-41)33-20-13-21-34(26-33)49-38-24-11-9-22-35(38)36-27-31-18-7-8-19-32(31)28-40(36)50-39-25-12-10-23-37(39)45-44(49)50/h1-28H. The molecule has 0 spiro atoms. The first-order chi connectivity index (χ1) is 24.8. The van der Waals surface area contributed by atoms with Crippen molar-refractivity contribution in [1.82, 2.24) is 24.5 Å². The Kier molecular flexibility index (Phi) is 6.39. The van der Waals surface area contributed by atoms with Crippen molar-refractivity contribution in [3.05, 3.63) is 170 Å². The van der Waals surface area contributed by atoms with Crippen LogP contribution in [0.15, 0.2) is 170 Å². The second-order valence-corrected chi connectivity index (χ2v) is 12.4. The maximum atomic E-state index is 5.31. The molecule has 0 saturated carbocycles. The van der Waals surface area contributed by atoms with E-state index >= 15 is 0 Å². The maximum Gasteiger partial charge on any atom is 0.220 e. The Labute approximate surface area is 288 Å². The van der Waals surface area contributed by atoms with E-state index in [1.807, 2.05) is 66.7 Å². The predicted molar refractivity (Wildman–Crippen MR) is 202 cm³/mol. The molecule has 50 heavy (non-hydrogen) atoms. The van der Waals surface area contributed by atoms with Crippen molar-refractivity contribution in [3.63, 3.8) is 0 Å². The molecule has 0 amide bonds. The zero-order valence-electron chi connectivity index (χ0n) is 26.8. The molecule has 0 radical (unpaired) electrons. The van der Waals surface area contributed by atoms with Crippen molar-refractivity contribution in [3.8, 4) is 51.0 Å². The average molecular weight is 641 g/mol. The van der Waals surface area contributed by atoms with Crippen LogP contribution in [0.3, 0.4) is 0 Å². The van der Waals surface area contributed by atoms with Crippen molar-refractivity contribution in [2.24, 2.45) is 0 Å². The number of hydrogen-bond acceptors (Lipinski definition) is 5. The fourth-order valence-corrected chi connectivity index (χ4v) is 7.01. The molecule has 0 saturated heterocycles. The number of nitrogens with zero attached hydrogens (tertiary/aromatic N) is 6. The number of anilines is 3. The molecular weight excluding hydrogens is 613 g/mol. The van der Waals surface area contributed by atoms with Crippen molar-refractivity contribution >= 4 is 39.1 Å². The summed E-state index contributed by atoms with van der Waals surface area (Å²) in [5, 5.41) is 2.38. The van der Waals surface area contributed by atoms with Gasteiger partial charge in [0.1, 0.15) is 0 Å². The van der Waals surface area contributed by atoms with Crippen LogP contribution in [0.2, 0.25) is 0 Å². The zero-order valence-corrected chi connectivity index (χ0v) is 26.8. The summed E-state index contributed by atoms with van der Waals surface area (Å²) >= 11 is 0. The third-order valence-corrected chi connectivity index (χ3v) is 9.35. The van der Waals surface area contributed by atoms with Gasteiger partial charge in [-0.05, 0) is 53.2 Å². The molecule has 6 heteroatoms. The normalized spacial score (nSPS) is 12.0. The Morgan fingerprint density at radius 3 is 1.70 bits per heavy atom. The van der Waals surface area contributed by atoms with Crippen molar-refractivity contribution in [2.75, 3.05) is 4.90 Å². The van der Waals surface area contributed by atoms with Gasteiger partial charge in [-0.2, -0.15) is 0 Å². The van der Waals surface area contributed by atoms with Gasteiger partial charge < -0.3 is 0 Å². The minimum absolute atomic E-state index is 0.603. The topological polar surface area (TPSA) is 59.7 Å². The van der Waals surface area contributed by atoms with Crippen molar-refractivity contribution in [1.29, 1.82) is 0 Å². The van der Waals surface area contributed by atoms with Crippen LogP contribution < -0.4 is 4.90 Å². The van der Waals surface area contributed by atoms with E-state index in [4.69, 9.17) is 19.9 Å². The molecule has 1 aliphatic heterocycles. The molecule has 0 unspecified atom stereocenters. The molecule has 10 rings (SSSR count). The number of fused-ring (bicyclic) bond motifs is 8. The first kappa shape index (κ1) is 28.1. The van der Waals surface area contributed by atoms with Crippen molar-refractivity contribution in [2.45, 2.75) is 0 Å². The van der Waals surface area contributed by atoms with E-state index in [0.717, 1.165) is 61.9 Å². The van der Waals surface area contributed by atoms with Crippen LogP contribution in [0.25, 0.3) is 72.8 Å². The Morgan fingerprint density at radius 2 is 0.960 bits per heavy atom. The highest BCUT2D eigenvalue weighted by molar-refractivity contribution is 6.01. The summed E-state index contributed by atoms with van der Waals surface area (Å²) in [5.74, 6) is 2.68. The Bertz CT molecular complexity index is 2660. The molecule has 9 aromatic rings. The summed E-state index contributed by atoms with van der Waals surface area (Å²) in [6, 6.07) is 58.7. The summed E-state index contributed by atoms with van der Waals surface area (Å²) < 4.78 is 2.30. The van der Waals surface area contributed by atoms with E-state index in [9.17, 15) is 0 Å². The smallest absolute Gasteiger partial charge is 0.220 e. The molecular formula is C44H28N6. The molecule has 0 aliphatic carbocycles. The summed E-state index contributed by atoms with van der Waals surface area (Å²) in [5.41, 5.74) is 10.1. The number of para-hydroxylation sites is 3. The second-order valence-electron chi connectivity index (χ2n) is 12.4. The number of rotatable bonds is 4. The molecule has 1 aliphatic rings. The average Bonchev–Trinajstić information content (AvgIpc) is 3.52. The van der Waals surface area contributed by atoms with Crippen molar-refractivity contribution < 1.29 is 0 Å². The van der Waals surface area contributed by atoms with Gasteiger partial charge in [0.25, 0.3) is 0 Å². The first-order valence-electron chi connectivity index (χ1n) is 16.7. The van der Waals surface area contributed by atoms with E-state index in [1.165, 1.54) is 10.8 Å². The molecule has 3 heterocycles. The van der Waals surface area contributed by atoms with Gasteiger partial charge in [-0.25, -0.2) is 19.9 Å². The number of hydrogen-bond donors (Lipinski definition) is 0. The number of benzene rings is 7. The monoisotopic (exact) mass is 640 g/mol. The predicted octanol–water partition coefficient (Wildman–Crippen LogP) is 10.8. The molecule has 0 fully saturated rings. The third-order valence-electron chi connectivity index (χ3n) is 9.35. The molecule has 0 N–H and O–H groups in total. The maximum absolute atomic E-state index is 5.31. The summed E-state index contributed by atoms with van der Waals surface area (Å²) in [6.45, 7) is 0. The van der Waals surface area contributed by atoms with Gasteiger partial charge in [-0.3, -0.25) is 9.47 Å². The highest BCUT2D eigenvalue weighted by atomic mass is 15.3. The van der Waals surface area contributed by atoms with Gasteiger partial charge in [0.2, 0.25) is 5.95 Å². The first-order valence-corrected chi connectivity index (χ1v) is 16.7. The van der Waals surface area contributed by atoms with Gasteiger partial charge in [0.15, 0.2) is 17.5 Å². The van der Waals surface area contributed by atoms with Gasteiger partial charge in [-0.1, -0.05) is 127 Å². The quantitative estimate of drug-likeness (QED) is 0.192. The fourth-order valence-electron chi connectivity index (χ4n) is 7.01. The van der Waals surface area contributed by atoms with E-state index in [2.05, 4.69) is 113 Å². The van der Waals surface area contributed by atoms with E-state index in [1.54, 1.807) is 0 Å². The molecule has 6 nitrogen and oxygen atoms in total. The van der Waals surface area contributed by atoms with Crippen LogP contribution in [-0.2, 0) is 0 Å². The minimum atomic E-state index is 0.603. The Morgan fingerprint density at radius 1 is 0.380 bits per heavy atom. The third kappa shape index (κ3) is 4.58. The second kappa shape index (κ2) is 11.4. The SMILES string of the molecule is c1ccc(-c2nc(-c3ccccc3)nc(-c3cccc(N4c5ccccc5-c5cc6ccccc6cc5-n5c4nc4ccccc45)c3)n2)cc1. The lowest BCUT2D eigenvalue weighted by atomic mass is 9.97. The number of imidazole rings is 1. The van der Waals surface area contributed by atoms with Gasteiger partial charge in [-0.15, -0.1) is 0 Å². The Balaban J connectivity index is 1.22. The summed E-state index contributed by atoms with van der Waals surface area (Å²) in [6.07, 6.45) is 0. The van der Waals surface area contributed by atoms with E-state index < -0.39 is 0 Å². The molecule has 234 valence electrons. The van der Waals surface area contributed by atoms with E-state index in [0.29, 0.717) is 17.5 Å². The highest BCUT2D eigenvalue weighted by Gasteiger charge is 2.29. The number of aromatic nitrogens is 5. The zero-order chi connectivity index (χ0) is 33.0. The minimum Gasteiger partial charge on any atom is -0.280 e. The lowest BCUT2D eigenvalue weighted by Crippen LogP contribution is -2.14. The lowest BCUT2D eigenvalue weighted by Gasteiger charge is -2.25. The van der Waals surface area contributed by atoms with Crippen LogP contribution in [-0.4, -0.2) is 24.5 Å². The van der Waals surface area contributed by atoms with Crippen LogP contribution in [0.1, 0.15) is 0 Å². The molecule has 7 aromatic carbocycles. The Hall–Kier alpha value is -6.92. The van der Waals surface area contributed by atoms with Crippen LogP contribution >= 0.6 is 0 Å². The van der Waals surface area contributed by atoms with Crippen LogP contribution in [0.5, 0.6) is 0 Å². The molecule has 0 bridgehead atoms. The van der Waals surface area contributed by atoms with Gasteiger partial charge >= 0.3 is 0 Å².